The zero-order valence-corrected chi connectivity index (χ0v) is 13.3. The Bertz CT molecular complexity index is 521. The molecule has 0 bridgehead atoms. The summed E-state index contributed by atoms with van der Waals surface area (Å²) in [6, 6.07) is 5.25. The molecule has 1 heterocycles. The summed E-state index contributed by atoms with van der Waals surface area (Å²) in [5, 5.41) is 12.0. The molecule has 0 amide bonds. The summed E-state index contributed by atoms with van der Waals surface area (Å²) in [5.41, 5.74) is 1.00. The van der Waals surface area contributed by atoms with Gasteiger partial charge >= 0.3 is 5.97 Å². The fourth-order valence-corrected chi connectivity index (χ4v) is 2.96. The number of benzene rings is 1. The Morgan fingerprint density at radius 2 is 2.23 bits per heavy atom. The number of anilines is 1. The summed E-state index contributed by atoms with van der Waals surface area (Å²) in [6.45, 7) is 1.72. The molecule has 2 N–H and O–H groups in total. The molecule has 22 heavy (non-hydrogen) atoms. The molecule has 122 valence electrons. The van der Waals surface area contributed by atoms with Crippen LogP contribution in [0.1, 0.15) is 12.8 Å². The second kappa shape index (κ2) is 7.35. The van der Waals surface area contributed by atoms with Crippen LogP contribution >= 0.6 is 0 Å². The molecule has 0 radical (unpaired) electrons. The van der Waals surface area contributed by atoms with Crippen LogP contribution in [0, 0.1) is 5.92 Å². The Kier molecular flexibility index (Phi) is 5.49. The number of aliphatic carboxylic acids is 1. The van der Waals surface area contributed by atoms with Crippen molar-refractivity contribution in [2.24, 2.45) is 5.92 Å². The van der Waals surface area contributed by atoms with Crippen LogP contribution in [0.15, 0.2) is 18.2 Å². The summed E-state index contributed by atoms with van der Waals surface area (Å²) in [7, 11) is 4.99. The van der Waals surface area contributed by atoms with Crippen molar-refractivity contribution in [2.75, 3.05) is 39.3 Å². The van der Waals surface area contributed by atoms with E-state index in [-0.39, 0.29) is 0 Å². The third-order valence-corrected chi connectivity index (χ3v) is 4.23. The van der Waals surface area contributed by atoms with E-state index in [1.807, 2.05) is 18.2 Å². The summed E-state index contributed by atoms with van der Waals surface area (Å²) in [5.74, 6) is 1.16. The van der Waals surface area contributed by atoms with E-state index in [1.54, 1.807) is 21.3 Å². The Hall–Kier alpha value is -1.95. The van der Waals surface area contributed by atoms with E-state index in [0.29, 0.717) is 12.3 Å². The van der Waals surface area contributed by atoms with Crippen LogP contribution in [0.5, 0.6) is 11.5 Å². The first-order valence-electron chi connectivity index (χ1n) is 7.46. The van der Waals surface area contributed by atoms with Crippen molar-refractivity contribution >= 4 is 11.7 Å². The lowest BCUT2D eigenvalue weighted by atomic mass is 9.99. The standard InChI is InChI=1S/C16H24N2O4/c1-17-13(16(19)20)8-11-6-7-18(10-11)14-9-12(21-2)4-5-15(14)22-3/h4-5,9,11,13,17H,6-8,10H2,1-3H3,(H,19,20). The molecule has 1 aliphatic heterocycles. The normalized spacial score (nSPS) is 19.0. The average molecular weight is 308 g/mol. The summed E-state index contributed by atoms with van der Waals surface area (Å²) < 4.78 is 10.7. The number of hydrogen-bond acceptors (Lipinski definition) is 5. The molecule has 1 fully saturated rings. The lowest BCUT2D eigenvalue weighted by Gasteiger charge is -2.22. The van der Waals surface area contributed by atoms with E-state index in [9.17, 15) is 4.79 Å². The molecular weight excluding hydrogens is 284 g/mol. The highest BCUT2D eigenvalue weighted by Gasteiger charge is 2.29. The van der Waals surface area contributed by atoms with Gasteiger partial charge in [-0.1, -0.05) is 0 Å². The maximum Gasteiger partial charge on any atom is 0.320 e. The van der Waals surface area contributed by atoms with Crippen molar-refractivity contribution in [1.29, 1.82) is 0 Å². The van der Waals surface area contributed by atoms with E-state index >= 15 is 0 Å². The number of carbonyl (C=O) groups is 1. The molecule has 1 aromatic rings. The molecule has 1 aliphatic rings. The van der Waals surface area contributed by atoms with Crippen molar-refractivity contribution in [3.8, 4) is 11.5 Å². The van der Waals surface area contributed by atoms with E-state index in [2.05, 4.69) is 10.2 Å². The largest absolute Gasteiger partial charge is 0.497 e. The van der Waals surface area contributed by atoms with Gasteiger partial charge in [0.15, 0.2) is 0 Å². The minimum Gasteiger partial charge on any atom is -0.497 e. The number of hydrogen-bond donors (Lipinski definition) is 2. The molecule has 0 aliphatic carbocycles. The number of methoxy groups -OCH3 is 2. The SMILES string of the molecule is CNC(CC1CCN(c2cc(OC)ccc2OC)C1)C(=O)O. The van der Waals surface area contributed by atoms with E-state index < -0.39 is 12.0 Å². The van der Waals surface area contributed by atoms with Gasteiger partial charge in [0.25, 0.3) is 0 Å². The summed E-state index contributed by atoms with van der Waals surface area (Å²) in [4.78, 5) is 13.4. The molecule has 2 rings (SSSR count). The first kappa shape index (κ1) is 16.4. The monoisotopic (exact) mass is 308 g/mol. The minimum atomic E-state index is -0.792. The predicted octanol–water partition coefficient (Wildman–Crippen LogP) is 1.59. The highest BCUT2D eigenvalue weighted by Crippen LogP contribution is 2.36. The van der Waals surface area contributed by atoms with Crippen LogP contribution in [0.3, 0.4) is 0 Å². The topological polar surface area (TPSA) is 71.0 Å². The van der Waals surface area contributed by atoms with E-state index in [1.165, 1.54) is 0 Å². The number of carboxylic acid groups (broad SMARTS) is 1. The van der Waals surface area contributed by atoms with Crippen molar-refractivity contribution in [1.82, 2.24) is 5.32 Å². The van der Waals surface area contributed by atoms with Gasteiger partial charge in [-0.2, -0.15) is 0 Å². The fourth-order valence-electron chi connectivity index (χ4n) is 2.96. The van der Waals surface area contributed by atoms with Gasteiger partial charge < -0.3 is 24.8 Å². The van der Waals surface area contributed by atoms with Crippen molar-refractivity contribution < 1.29 is 19.4 Å². The van der Waals surface area contributed by atoms with Gasteiger partial charge in [0.2, 0.25) is 0 Å². The zero-order valence-electron chi connectivity index (χ0n) is 13.3. The molecule has 6 heteroatoms. The van der Waals surface area contributed by atoms with Crippen LogP contribution in [-0.2, 0) is 4.79 Å². The minimum absolute atomic E-state index is 0.351. The molecular formula is C16H24N2O4. The second-order valence-corrected chi connectivity index (χ2v) is 5.55. The molecule has 1 aromatic carbocycles. The number of ether oxygens (including phenoxy) is 2. The first-order chi connectivity index (χ1) is 10.6. The zero-order chi connectivity index (χ0) is 16.1. The fraction of sp³-hybridized carbons (Fsp3) is 0.562. The van der Waals surface area contributed by atoms with Crippen LogP contribution in [0.4, 0.5) is 5.69 Å². The lowest BCUT2D eigenvalue weighted by molar-refractivity contribution is -0.139. The van der Waals surface area contributed by atoms with Crippen LogP contribution in [0.2, 0.25) is 0 Å². The predicted molar refractivity (Wildman–Crippen MR) is 85.0 cm³/mol. The Morgan fingerprint density at radius 3 is 2.82 bits per heavy atom. The summed E-state index contributed by atoms with van der Waals surface area (Å²) >= 11 is 0. The lowest BCUT2D eigenvalue weighted by Crippen LogP contribution is -2.36. The number of carboxylic acids is 1. The van der Waals surface area contributed by atoms with E-state index in [4.69, 9.17) is 14.6 Å². The van der Waals surface area contributed by atoms with Crippen LogP contribution < -0.4 is 19.7 Å². The number of nitrogens with zero attached hydrogens (tertiary/aromatic N) is 1. The Balaban J connectivity index is 2.08. The second-order valence-electron chi connectivity index (χ2n) is 5.55. The van der Waals surface area contributed by atoms with Crippen molar-refractivity contribution in [3.63, 3.8) is 0 Å². The van der Waals surface area contributed by atoms with Gasteiger partial charge in [0.05, 0.1) is 19.9 Å². The molecule has 0 aromatic heterocycles. The van der Waals surface area contributed by atoms with Crippen LogP contribution in [0.25, 0.3) is 0 Å². The third kappa shape index (κ3) is 3.62. The Morgan fingerprint density at radius 1 is 1.45 bits per heavy atom. The number of nitrogens with one attached hydrogen (secondary N) is 1. The maximum atomic E-state index is 11.1. The van der Waals surface area contributed by atoms with Gasteiger partial charge in [-0.05, 0) is 37.9 Å². The van der Waals surface area contributed by atoms with Crippen molar-refractivity contribution in [3.05, 3.63) is 18.2 Å². The van der Waals surface area contributed by atoms with Gasteiger partial charge in [0, 0.05) is 19.2 Å². The molecule has 1 saturated heterocycles. The third-order valence-electron chi connectivity index (χ3n) is 4.23. The van der Waals surface area contributed by atoms with Gasteiger partial charge in [-0.3, -0.25) is 4.79 Å². The van der Waals surface area contributed by atoms with E-state index in [0.717, 1.165) is 36.7 Å². The summed E-state index contributed by atoms with van der Waals surface area (Å²) in [6.07, 6.45) is 1.61. The Labute approximate surface area is 131 Å². The smallest absolute Gasteiger partial charge is 0.320 e. The van der Waals surface area contributed by atoms with Gasteiger partial charge in [0.1, 0.15) is 17.5 Å². The first-order valence-corrected chi connectivity index (χ1v) is 7.46. The highest BCUT2D eigenvalue weighted by atomic mass is 16.5. The van der Waals surface area contributed by atoms with Crippen LogP contribution in [-0.4, -0.2) is 51.5 Å². The molecule has 0 spiro atoms. The number of rotatable bonds is 7. The van der Waals surface area contributed by atoms with Gasteiger partial charge in [-0.15, -0.1) is 0 Å². The maximum absolute atomic E-state index is 11.1. The molecule has 2 unspecified atom stereocenters. The van der Waals surface area contributed by atoms with Gasteiger partial charge in [-0.25, -0.2) is 0 Å². The molecule has 0 saturated carbocycles. The van der Waals surface area contributed by atoms with Crippen molar-refractivity contribution in [2.45, 2.75) is 18.9 Å². The molecule has 6 nitrogen and oxygen atoms in total. The number of likely N-dealkylation sites (N-methyl/N-ethyl adjacent to an activating group) is 1. The quantitative estimate of drug-likeness (QED) is 0.797. The molecule has 2 atom stereocenters. The average Bonchev–Trinajstić information content (AvgIpc) is 3.00. The highest BCUT2D eigenvalue weighted by molar-refractivity contribution is 5.73.